The number of nitrogens with zero attached hydrogens (tertiary/aromatic N) is 1. The highest BCUT2D eigenvalue weighted by Crippen LogP contribution is 2.17. The molecule has 2 N–H and O–H groups in total. The number of hydrogen-bond acceptors (Lipinski definition) is 3. The van der Waals surface area contributed by atoms with E-state index in [1.54, 1.807) is 0 Å². The van der Waals surface area contributed by atoms with Gasteiger partial charge in [0.05, 0.1) is 6.10 Å². The van der Waals surface area contributed by atoms with Gasteiger partial charge in [-0.1, -0.05) is 44.2 Å². The van der Waals surface area contributed by atoms with E-state index < -0.39 is 6.10 Å². The smallest absolute Gasteiger partial charge is 0.223 e. The molecule has 0 aromatic heterocycles. The molecule has 0 saturated carbocycles. The molecular weight excluding hydrogens is 264 g/mol. The molecule has 1 amide bonds. The largest absolute Gasteiger partial charge is 0.390 e. The Kier molecular flexibility index (Phi) is 7.40. The number of carbonyl (C=O) groups excluding carboxylic acids is 1. The zero-order valence-electron chi connectivity index (χ0n) is 13.5. The fraction of sp³-hybridized carbons (Fsp3) is 0.588. The molecule has 0 unspecified atom stereocenters. The van der Waals surface area contributed by atoms with Crippen LogP contribution in [-0.2, 0) is 11.2 Å². The standard InChI is InChI=1S/C17H28N2O2/c1-13(2)16(10-14-8-6-5-7-9-14)17(21)18-11-15(20)12-19(3)4/h5-9,13,15-16,20H,10-12H2,1-4H3,(H,18,21)/t15-,16-/m1/s1. The van der Waals surface area contributed by atoms with Gasteiger partial charge in [-0.25, -0.2) is 0 Å². The lowest BCUT2D eigenvalue weighted by atomic mass is 9.88. The third-order valence-corrected chi connectivity index (χ3v) is 3.53. The molecule has 0 spiro atoms. The Labute approximate surface area is 128 Å². The summed E-state index contributed by atoms with van der Waals surface area (Å²) in [4.78, 5) is 14.2. The first-order valence-corrected chi connectivity index (χ1v) is 7.54. The van der Waals surface area contributed by atoms with Crippen LogP contribution in [0.1, 0.15) is 19.4 Å². The second kappa shape index (κ2) is 8.80. The average molecular weight is 292 g/mol. The van der Waals surface area contributed by atoms with Gasteiger partial charge in [0.1, 0.15) is 0 Å². The van der Waals surface area contributed by atoms with Crippen LogP contribution in [-0.4, -0.2) is 49.2 Å². The van der Waals surface area contributed by atoms with E-state index in [1.165, 1.54) is 5.56 Å². The molecule has 1 aromatic rings. The van der Waals surface area contributed by atoms with Crippen LogP contribution in [0, 0.1) is 11.8 Å². The average Bonchev–Trinajstić information content (AvgIpc) is 2.42. The molecule has 0 heterocycles. The third kappa shape index (κ3) is 6.74. The van der Waals surface area contributed by atoms with Gasteiger partial charge in [-0.3, -0.25) is 4.79 Å². The van der Waals surface area contributed by atoms with Crippen molar-refractivity contribution in [2.45, 2.75) is 26.4 Å². The maximum absolute atomic E-state index is 12.3. The van der Waals surface area contributed by atoms with Gasteiger partial charge in [-0.2, -0.15) is 0 Å². The highest BCUT2D eigenvalue weighted by Gasteiger charge is 2.22. The van der Waals surface area contributed by atoms with E-state index in [0.29, 0.717) is 13.1 Å². The lowest BCUT2D eigenvalue weighted by molar-refractivity contribution is -0.126. The summed E-state index contributed by atoms with van der Waals surface area (Å²) in [6.07, 6.45) is 0.196. The maximum Gasteiger partial charge on any atom is 0.223 e. The maximum atomic E-state index is 12.3. The molecule has 1 rings (SSSR count). The Balaban J connectivity index is 2.54. The van der Waals surface area contributed by atoms with Crippen LogP contribution in [0.3, 0.4) is 0 Å². The second-order valence-electron chi connectivity index (χ2n) is 6.20. The van der Waals surface area contributed by atoms with E-state index in [-0.39, 0.29) is 17.7 Å². The Hall–Kier alpha value is -1.39. The molecule has 1 aromatic carbocycles. The number of aliphatic hydroxyl groups is 1. The molecular formula is C17H28N2O2. The molecule has 2 atom stereocenters. The van der Waals surface area contributed by atoms with Crippen molar-refractivity contribution in [3.05, 3.63) is 35.9 Å². The number of likely N-dealkylation sites (N-methyl/N-ethyl adjacent to an activating group) is 1. The lowest BCUT2D eigenvalue weighted by Crippen LogP contribution is -2.41. The van der Waals surface area contributed by atoms with Crippen molar-refractivity contribution in [1.29, 1.82) is 0 Å². The zero-order valence-corrected chi connectivity index (χ0v) is 13.5. The molecule has 0 radical (unpaired) electrons. The molecule has 0 fully saturated rings. The molecule has 4 nitrogen and oxygen atoms in total. The SMILES string of the molecule is CC(C)[C@@H](Cc1ccccc1)C(=O)NC[C@@H](O)CN(C)C. The van der Waals surface area contributed by atoms with Gasteiger partial charge in [0.25, 0.3) is 0 Å². The number of hydrogen-bond donors (Lipinski definition) is 2. The van der Waals surface area contributed by atoms with Crippen LogP contribution in [0.5, 0.6) is 0 Å². The summed E-state index contributed by atoms with van der Waals surface area (Å²) < 4.78 is 0. The topological polar surface area (TPSA) is 52.6 Å². The predicted molar refractivity (Wildman–Crippen MR) is 86.0 cm³/mol. The van der Waals surface area contributed by atoms with Crippen LogP contribution in [0.2, 0.25) is 0 Å². The molecule has 4 heteroatoms. The normalized spacial score (nSPS) is 14.2. The van der Waals surface area contributed by atoms with E-state index in [9.17, 15) is 9.90 Å². The van der Waals surface area contributed by atoms with Crippen LogP contribution in [0.15, 0.2) is 30.3 Å². The fourth-order valence-corrected chi connectivity index (χ4v) is 2.33. The van der Waals surface area contributed by atoms with E-state index in [4.69, 9.17) is 0 Å². The van der Waals surface area contributed by atoms with Crippen LogP contribution >= 0.6 is 0 Å². The Morgan fingerprint density at radius 2 is 1.86 bits per heavy atom. The van der Waals surface area contributed by atoms with E-state index in [0.717, 1.165) is 6.42 Å². The summed E-state index contributed by atoms with van der Waals surface area (Å²) in [5, 5.41) is 12.7. The number of amides is 1. The Morgan fingerprint density at radius 3 is 2.38 bits per heavy atom. The quantitative estimate of drug-likeness (QED) is 0.764. The number of carbonyl (C=O) groups is 1. The van der Waals surface area contributed by atoms with Crippen LogP contribution in [0.25, 0.3) is 0 Å². The first kappa shape index (κ1) is 17.7. The summed E-state index contributed by atoms with van der Waals surface area (Å²) in [5.74, 6) is 0.210. The lowest BCUT2D eigenvalue weighted by Gasteiger charge is -2.22. The van der Waals surface area contributed by atoms with Crippen LogP contribution in [0.4, 0.5) is 0 Å². The predicted octanol–water partition coefficient (Wildman–Crippen LogP) is 1.54. The molecule has 0 aliphatic heterocycles. The van der Waals surface area contributed by atoms with E-state index in [1.807, 2.05) is 49.3 Å². The summed E-state index contributed by atoms with van der Waals surface area (Å²) in [5.41, 5.74) is 1.17. The van der Waals surface area contributed by atoms with Crippen molar-refractivity contribution < 1.29 is 9.90 Å². The van der Waals surface area contributed by atoms with Crippen molar-refractivity contribution >= 4 is 5.91 Å². The van der Waals surface area contributed by atoms with Crippen molar-refractivity contribution in [3.8, 4) is 0 Å². The number of nitrogens with one attached hydrogen (secondary N) is 1. The minimum absolute atomic E-state index is 0.0201. The zero-order chi connectivity index (χ0) is 15.8. The van der Waals surface area contributed by atoms with Crippen molar-refractivity contribution in [3.63, 3.8) is 0 Å². The number of benzene rings is 1. The Morgan fingerprint density at radius 1 is 1.24 bits per heavy atom. The molecule has 0 aliphatic carbocycles. The van der Waals surface area contributed by atoms with Gasteiger partial charge in [0.15, 0.2) is 0 Å². The van der Waals surface area contributed by atoms with Crippen LogP contribution < -0.4 is 5.32 Å². The second-order valence-corrected chi connectivity index (χ2v) is 6.20. The highest BCUT2D eigenvalue weighted by atomic mass is 16.3. The third-order valence-electron chi connectivity index (χ3n) is 3.53. The summed E-state index contributed by atoms with van der Waals surface area (Å²) in [7, 11) is 3.80. The number of aliphatic hydroxyl groups excluding tert-OH is 1. The summed E-state index contributed by atoms with van der Waals surface area (Å²) >= 11 is 0. The van der Waals surface area contributed by atoms with Gasteiger partial charge < -0.3 is 15.3 Å². The molecule has 0 aliphatic rings. The molecule has 0 saturated heterocycles. The van der Waals surface area contributed by atoms with Crippen molar-refractivity contribution in [2.24, 2.45) is 11.8 Å². The molecule has 21 heavy (non-hydrogen) atoms. The van der Waals surface area contributed by atoms with Gasteiger partial charge in [-0.05, 0) is 32.0 Å². The monoisotopic (exact) mass is 292 g/mol. The summed E-state index contributed by atoms with van der Waals surface area (Å²) in [6.45, 7) is 4.97. The van der Waals surface area contributed by atoms with Gasteiger partial charge in [0.2, 0.25) is 5.91 Å². The number of rotatable bonds is 8. The first-order valence-electron chi connectivity index (χ1n) is 7.54. The minimum atomic E-state index is -0.534. The Bertz CT molecular complexity index is 418. The van der Waals surface area contributed by atoms with Gasteiger partial charge in [-0.15, -0.1) is 0 Å². The van der Waals surface area contributed by atoms with Crippen molar-refractivity contribution in [1.82, 2.24) is 10.2 Å². The van der Waals surface area contributed by atoms with Crippen molar-refractivity contribution in [2.75, 3.05) is 27.2 Å². The first-order chi connectivity index (χ1) is 9.90. The molecule has 118 valence electrons. The molecule has 0 bridgehead atoms. The van der Waals surface area contributed by atoms with E-state index in [2.05, 4.69) is 19.2 Å². The van der Waals surface area contributed by atoms with E-state index >= 15 is 0 Å². The minimum Gasteiger partial charge on any atom is -0.390 e. The van der Waals surface area contributed by atoms with Gasteiger partial charge in [0, 0.05) is 19.0 Å². The highest BCUT2D eigenvalue weighted by molar-refractivity contribution is 5.79. The summed E-state index contributed by atoms with van der Waals surface area (Å²) in [6, 6.07) is 10.1. The fourth-order valence-electron chi connectivity index (χ4n) is 2.33. The van der Waals surface area contributed by atoms with Gasteiger partial charge >= 0.3 is 0 Å².